The quantitative estimate of drug-likeness (QED) is 0.652. The highest BCUT2D eigenvalue weighted by molar-refractivity contribution is 6.31. The van der Waals surface area contributed by atoms with Crippen molar-refractivity contribution in [3.8, 4) is 0 Å². The van der Waals surface area contributed by atoms with E-state index in [-0.39, 0.29) is 24.1 Å². The first-order chi connectivity index (χ1) is 11.0. The number of anilines is 1. The van der Waals surface area contributed by atoms with E-state index in [9.17, 15) is 28.1 Å². The third-order valence-electron chi connectivity index (χ3n) is 3.73. The fourth-order valence-electron chi connectivity index (χ4n) is 2.59. The smallest absolute Gasteiger partial charge is 0.374 e. The van der Waals surface area contributed by atoms with E-state index in [1.807, 2.05) is 13.8 Å². The van der Waals surface area contributed by atoms with Crippen LogP contribution in [0.5, 0.6) is 0 Å². The van der Waals surface area contributed by atoms with Gasteiger partial charge in [-0.15, -0.1) is 0 Å². The van der Waals surface area contributed by atoms with Gasteiger partial charge >= 0.3 is 6.18 Å². The Kier molecular flexibility index (Phi) is 4.93. The van der Waals surface area contributed by atoms with Crippen LogP contribution in [0, 0.1) is 10.1 Å². The standard InChI is InChI=1S/C14H15ClF3N3O3/c1-7(2)20-6-8(3-13(20)22)19-11-5-10(15)9(14(16,17)18)4-12(11)21(23)24/h4-5,7-8,19H,3,6H2,1-2H3. The van der Waals surface area contributed by atoms with E-state index in [1.54, 1.807) is 4.90 Å². The number of nitrogens with zero attached hydrogens (tertiary/aromatic N) is 2. The number of carbonyl (C=O) groups is 1. The predicted octanol–water partition coefficient (Wildman–Crippen LogP) is 3.69. The van der Waals surface area contributed by atoms with Crippen molar-refractivity contribution >= 4 is 28.9 Å². The van der Waals surface area contributed by atoms with Crippen LogP contribution in [0.4, 0.5) is 24.5 Å². The molecule has 1 fully saturated rings. The summed E-state index contributed by atoms with van der Waals surface area (Å²) in [6.45, 7) is 3.97. The molecule has 10 heteroatoms. The molecule has 0 spiro atoms. The number of carbonyl (C=O) groups excluding carboxylic acids is 1. The van der Waals surface area contributed by atoms with Gasteiger partial charge in [-0.2, -0.15) is 13.2 Å². The summed E-state index contributed by atoms with van der Waals surface area (Å²) >= 11 is 5.62. The van der Waals surface area contributed by atoms with Gasteiger partial charge in [0.2, 0.25) is 5.91 Å². The van der Waals surface area contributed by atoms with Gasteiger partial charge in [0.25, 0.3) is 5.69 Å². The lowest BCUT2D eigenvalue weighted by atomic mass is 10.1. The first-order valence-electron chi connectivity index (χ1n) is 7.11. The van der Waals surface area contributed by atoms with E-state index in [4.69, 9.17) is 11.6 Å². The Hall–Kier alpha value is -2.03. The Morgan fingerprint density at radius 3 is 2.50 bits per heavy atom. The summed E-state index contributed by atoms with van der Waals surface area (Å²) in [5, 5.41) is 13.2. The van der Waals surface area contributed by atoms with Crippen LogP contribution in [0.15, 0.2) is 12.1 Å². The molecule has 0 aliphatic carbocycles. The van der Waals surface area contributed by atoms with Gasteiger partial charge in [-0.05, 0) is 19.9 Å². The molecule has 1 aromatic rings. The molecule has 1 aliphatic rings. The molecule has 132 valence electrons. The molecule has 1 aromatic carbocycles. The highest BCUT2D eigenvalue weighted by Gasteiger charge is 2.37. The second-order valence-corrected chi connectivity index (χ2v) is 6.20. The molecule has 0 radical (unpaired) electrons. The number of hydrogen-bond donors (Lipinski definition) is 1. The van der Waals surface area contributed by atoms with Crippen molar-refractivity contribution in [2.75, 3.05) is 11.9 Å². The van der Waals surface area contributed by atoms with Gasteiger partial charge in [0.05, 0.1) is 21.6 Å². The number of nitro benzene ring substituents is 1. The van der Waals surface area contributed by atoms with E-state index in [2.05, 4.69) is 5.32 Å². The second kappa shape index (κ2) is 6.46. The molecule has 1 unspecified atom stereocenters. The molecular weight excluding hydrogens is 351 g/mol. The SMILES string of the molecule is CC(C)N1CC(Nc2cc(Cl)c(C(F)(F)F)cc2[N+](=O)[O-])CC1=O. The minimum absolute atomic E-state index is 0.0320. The number of amides is 1. The van der Waals surface area contributed by atoms with Crippen LogP contribution < -0.4 is 5.32 Å². The largest absolute Gasteiger partial charge is 0.418 e. The second-order valence-electron chi connectivity index (χ2n) is 5.79. The average molecular weight is 366 g/mol. The van der Waals surface area contributed by atoms with Gasteiger partial charge in [-0.25, -0.2) is 0 Å². The average Bonchev–Trinajstić information content (AvgIpc) is 2.77. The van der Waals surface area contributed by atoms with Crippen molar-refractivity contribution in [2.24, 2.45) is 0 Å². The first kappa shape index (κ1) is 18.3. The van der Waals surface area contributed by atoms with E-state index in [1.165, 1.54) is 0 Å². The minimum atomic E-state index is -4.79. The summed E-state index contributed by atoms with van der Waals surface area (Å²) in [5.41, 5.74) is -2.14. The molecule has 1 heterocycles. The fraction of sp³-hybridized carbons (Fsp3) is 0.500. The van der Waals surface area contributed by atoms with Crippen molar-refractivity contribution in [3.05, 3.63) is 32.8 Å². The Labute approximate surface area is 140 Å². The lowest BCUT2D eigenvalue weighted by molar-refractivity contribution is -0.384. The predicted molar refractivity (Wildman–Crippen MR) is 82.0 cm³/mol. The van der Waals surface area contributed by atoms with Crippen molar-refractivity contribution in [3.63, 3.8) is 0 Å². The van der Waals surface area contributed by atoms with Gasteiger partial charge in [-0.3, -0.25) is 14.9 Å². The number of likely N-dealkylation sites (tertiary alicyclic amines) is 1. The number of alkyl halides is 3. The molecule has 0 bridgehead atoms. The number of hydrogen-bond acceptors (Lipinski definition) is 4. The lowest BCUT2D eigenvalue weighted by Gasteiger charge is -2.21. The zero-order chi connectivity index (χ0) is 18.2. The molecule has 1 aliphatic heterocycles. The minimum Gasteiger partial charge on any atom is -0.374 e. The van der Waals surface area contributed by atoms with E-state index in [0.717, 1.165) is 6.07 Å². The van der Waals surface area contributed by atoms with Crippen molar-refractivity contribution < 1.29 is 22.9 Å². The zero-order valence-corrected chi connectivity index (χ0v) is 13.6. The number of halogens is 4. The molecule has 0 aromatic heterocycles. The van der Waals surface area contributed by atoms with Crippen LogP contribution in [0.2, 0.25) is 5.02 Å². The summed E-state index contributed by atoms with van der Waals surface area (Å²) in [6.07, 6.45) is -4.69. The van der Waals surface area contributed by atoms with E-state index < -0.39 is 33.4 Å². The van der Waals surface area contributed by atoms with E-state index in [0.29, 0.717) is 12.6 Å². The third kappa shape index (κ3) is 3.72. The molecule has 1 atom stereocenters. The fourth-order valence-corrected chi connectivity index (χ4v) is 2.86. The number of nitrogens with one attached hydrogen (secondary N) is 1. The Bertz CT molecular complexity index is 679. The Balaban J connectivity index is 2.32. The molecule has 1 amide bonds. The van der Waals surface area contributed by atoms with Crippen molar-refractivity contribution in [2.45, 2.75) is 38.5 Å². The molecule has 24 heavy (non-hydrogen) atoms. The Morgan fingerprint density at radius 1 is 1.42 bits per heavy atom. The van der Waals surface area contributed by atoms with Crippen LogP contribution in [0.3, 0.4) is 0 Å². The van der Waals surface area contributed by atoms with E-state index >= 15 is 0 Å². The normalized spacial score (nSPS) is 18.4. The van der Waals surface area contributed by atoms with Gasteiger partial charge in [-0.1, -0.05) is 11.6 Å². The monoisotopic (exact) mass is 365 g/mol. The van der Waals surface area contributed by atoms with Gasteiger partial charge in [0, 0.05) is 25.1 Å². The molecule has 6 nitrogen and oxygen atoms in total. The van der Waals surface area contributed by atoms with Crippen LogP contribution in [0.25, 0.3) is 0 Å². The van der Waals surface area contributed by atoms with Crippen LogP contribution >= 0.6 is 11.6 Å². The molecule has 2 rings (SSSR count). The summed E-state index contributed by atoms with van der Waals surface area (Å²) in [4.78, 5) is 23.6. The molecule has 1 N–H and O–H groups in total. The highest BCUT2D eigenvalue weighted by atomic mass is 35.5. The summed E-state index contributed by atoms with van der Waals surface area (Å²) in [7, 11) is 0. The number of nitro groups is 1. The Morgan fingerprint density at radius 2 is 2.04 bits per heavy atom. The van der Waals surface area contributed by atoms with Gasteiger partial charge in [0.1, 0.15) is 5.69 Å². The lowest BCUT2D eigenvalue weighted by Crippen LogP contribution is -2.33. The number of rotatable bonds is 4. The number of benzene rings is 1. The van der Waals surface area contributed by atoms with Gasteiger partial charge in [0.15, 0.2) is 0 Å². The molecule has 0 saturated carbocycles. The maximum Gasteiger partial charge on any atom is 0.418 e. The molecular formula is C14H15ClF3N3O3. The summed E-state index contributed by atoms with van der Waals surface area (Å²) in [6, 6.07) is 0.814. The molecule has 1 saturated heterocycles. The van der Waals surface area contributed by atoms with Crippen LogP contribution in [0.1, 0.15) is 25.8 Å². The first-order valence-corrected chi connectivity index (χ1v) is 7.49. The maximum atomic E-state index is 12.8. The van der Waals surface area contributed by atoms with Crippen LogP contribution in [-0.2, 0) is 11.0 Å². The third-order valence-corrected chi connectivity index (χ3v) is 4.04. The van der Waals surface area contributed by atoms with Crippen molar-refractivity contribution in [1.29, 1.82) is 0 Å². The summed E-state index contributed by atoms with van der Waals surface area (Å²) in [5.74, 6) is -0.122. The van der Waals surface area contributed by atoms with Crippen molar-refractivity contribution in [1.82, 2.24) is 4.90 Å². The maximum absolute atomic E-state index is 12.8. The van der Waals surface area contributed by atoms with Gasteiger partial charge < -0.3 is 10.2 Å². The zero-order valence-electron chi connectivity index (χ0n) is 12.9. The summed E-state index contributed by atoms with van der Waals surface area (Å²) < 4.78 is 38.5. The van der Waals surface area contributed by atoms with Crippen LogP contribution in [-0.4, -0.2) is 34.4 Å². The topological polar surface area (TPSA) is 75.5 Å². The highest BCUT2D eigenvalue weighted by Crippen LogP contribution is 2.40.